The Morgan fingerprint density at radius 3 is 2.51 bits per heavy atom. The van der Waals surface area contributed by atoms with E-state index in [1.807, 2.05) is 45.7 Å². The van der Waals surface area contributed by atoms with Crippen LogP contribution in [0.4, 0.5) is 0 Å². The summed E-state index contributed by atoms with van der Waals surface area (Å²) in [6.07, 6.45) is 10.1. The highest BCUT2D eigenvalue weighted by Gasteiger charge is 2.21. The average molecular weight is 472 g/mol. The van der Waals surface area contributed by atoms with Crippen LogP contribution in [0, 0.1) is 12.8 Å². The molecule has 0 unspecified atom stereocenters. The predicted molar refractivity (Wildman–Crippen MR) is 136 cm³/mol. The van der Waals surface area contributed by atoms with E-state index in [1.165, 1.54) is 32.1 Å². The van der Waals surface area contributed by atoms with E-state index in [-0.39, 0.29) is 5.69 Å². The summed E-state index contributed by atoms with van der Waals surface area (Å²) in [5, 5.41) is 14.5. The van der Waals surface area contributed by atoms with Crippen LogP contribution in [-0.2, 0) is 19.5 Å². The lowest BCUT2D eigenvalue weighted by Gasteiger charge is -2.22. The zero-order chi connectivity index (χ0) is 24.2. The van der Waals surface area contributed by atoms with Gasteiger partial charge in [-0.15, -0.1) is 10.2 Å². The molecule has 1 aromatic carbocycles. The van der Waals surface area contributed by atoms with Gasteiger partial charge in [0.2, 0.25) is 5.82 Å². The monoisotopic (exact) mass is 471 g/mol. The third-order valence-corrected chi connectivity index (χ3v) is 7.23. The summed E-state index contributed by atoms with van der Waals surface area (Å²) in [6, 6.07) is 12.0. The molecule has 0 atom stereocenters. The van der Waals surface area contributed by atoms with Crippen molar-refractivity contribution in [2.24, 2.45) is 5.92 Å². The summed E-state index contributed by atoms with van der Waals surface area (Å²) in [7, 11) is 0. The predicted octanol–water partition coefficient (Wildman–Crippen LogP) is 4.78. The number of rotatable bonds is 8. The Labute approximate surface area is 205 Å². The molecule has 1 saturated carbocycles. The number of nitrogens with one attached hydrogen (secondary N) is 1. The van der Waals surface area contributed by atoms with E-state index in [1.54, 1.807) is 0 Å². The van der Waals surface area contributed by atoms with E-state index in [4.69, 9.17) is 4.98 Å². The smallest absolute Gasteiger partial charge is 0.296 e. The molecule has 35 heavy (non-hydrogen) atoms. The number of pyridine rings is 1. The quantitative estimate of drug-likeness (QED) is 0.399. The second kappa shape index (κ2) is 10.4. The largest absolute Gasteiger partial charge is 0.328 e. The van der Waals surface area contributed by atoms with Crippen LogP contribution in [0.5, 0.6) is 0 Å². The topological polar surface area (TPSA) is 94.3 Å². The van der Waals surface area contributed by atoms with Crippen molar-refractivity contribution in [3.8, 4) is 22.5 Å². The van der Waals surface area contributed by atoms with Crippen LogP contribution in [0.2, 0.25) is 0 Å². The molecule has 1 aliphatic carbocycles. The van der Waals surface area contributed by atoms with E-state index in [9.17, 15) is 4.79 Å². The fourth-order valence-corrected chi connectivity index (χ4v) is 5.36. The summed E-state index contributed by atoms with van der Waals surface area (Å²) < 4.78 is 3.97. The van der Waals surface area contributed by atoms with Crippen molar-refractivity contribution in [2.75, 3.05) is 0 Å². The molecule has 1 fully saturated rings. The Kier molecular flexibility index (Phi) is 6.88. The lowest BCUT2D eigenvalue weighted by atomic mass is 9.89. The molecule has 8 heteroatoms. The molecule has 5 rings (SSSR count). The van der Waals surface area contributed by atoms with Crippen LogP contribution in [0.1, 0.15) is 62.5 Å². The van der Waals surface area contributed by atoms with Gasteiger partial charge >= 0.3 is 5.69 Å². The lowest BCUT2D eigenvalue weighted by Crippen LogP contribution is -2.29. The summed E-state index contributed by atoms with van der Waals surface area (Å²) in [6.45, 7) is 5.60. The zero-order valence-corrected chi connectivity index (χ0v) is 20.6. The molecular weight excluding hydrogens is 438 g/mol. The Morgan fingerprint density at radius 2 is 1.83 bits per heavy atom. The minimum Gasteiger partial charge on any atom is -0.296 e. The maximum Gasteiger partial charge on any atom is 0.328 e. The minimum atomic E-state index is 0.102. The number of benzene rings is 1. The highest BCUT2D eigenvalue weighted by atomic mass is 16.1. The third kappa shape index (κ3) is 4.83. The van der Waals surface area contributed by atoms with Crippen molar-refractivity contribution in [1.82, 2.24) is 34.7 Å². The van der Waals surface area contributed by atoms with Gasteiger partial charge < -0.3 is 0 Å². The summed E-state index contributed by atoms with van der Waals surface area (Å²) >= 11 is 0. The first kappa shape index (κ1) is 23.2. The molecule has 8 nitrogen and oxygen atoms in total. The molecule has 0 radical (unpaired) electrons. The van der Waals surface area contributed by atoms with Gasteiger partial charge in [-0.05, 0) is 48.9 Å². The number of H-pyrrole nitrogens is 1. The first-order valence-corrected chi connectivity index (χ1v) is 12.7. The van der Waals surface area contributed by atoms with Crippen LogP contribution in [0.3, 0.4) is 0 Å². The average Bonchev–Trinajstić information content (AvgIpc) is 3.51. The number of hydrogen-bond donors (Lipinski definition) is 1. The van der Waals surface area contributed by atoms with Gasteiger partial charge in [-0.3, -0.25) is 14.1 Å². The molecule has 0 spiro atoms. The molecular formula is C27H33N7O. The van der Waals surface area contributed by atoms with Crippen molar-refractivity contribution < 1.29 is 0 Å². The van der Waals surface area contributed by atoms with Gasteiger partial charge in [-0.1, -0.05) is 62.9 Å². The maximum absolute atomic E-state index is 13.5. The first-order chi connectivity index (χ1) is 17.2. The van der Waals surface area contributed by atoms with Crippen molar-refractivity contribution in [3.05, 3.63) is 70.2 Å². The molecule has 0 aliphatic heterocycles. The number of nitrogens with zero attached hydrogens (tertiary/aromatic N) is 6. The maximum atomic E-state index is 13.5. The summed E-state index contributed by atoms with van der Waals surface area (Å²) in [5.74, 6) is 1.16. The van der Waals surface area contributed by atoms with Gasteiger partial charge in [0.05, 0.1) is 12.2 Å². The molecule has 0 saturated heterocycles. The van der Waals surface area contributed by atoms with Crippen LogP contribution in [0.15, 0.2) is 47.4 Å². The van der Waals surface area contributed by atoms with Crippen LogP contribution in [0.25, 0.3) is 22.5 Å². The molecule has 0 amide bonds. The van der Waals surface area contributed by atoms with E-state index >= 15 is 0 Å². The highest BCUT2D eigenvalue weighted by Crippen LogP contribution is 2.29. The fourth-order valence-electron chi connectivity index (χ4n) is 5.36. The first-order valence-electron chi connectivity index (χ1n) is 12.7. The van der Waals surface area contributed by atoms with E-state index in [0.29, 0.717) is 18.3 Å². The van der Waals surface area contributed by atoms with Crippen LogP contribution in [-0.4, -0.2) is 34.7 Å². The van der Waals surface area contributed by atoms with Crippen LogP contribution >= 0.6 is 0 Å². The number of aromatic amines is 1. The molecule has 0 bridgehead atoms. The van der Waals surface area contributed by atoms with Gasteiger partial charge in [0.25, 0.3) is 0 Å². The SMILES string of the molecule is CCCc1c(C)n(CC2CCCCC2)c(=O)n1Cc1ccc(-c2ccccc2-c2nn[nH]n2)cn1. The standard InChI is InChI=1S/C27H33N7O/c1-3-9-25-19(2)33(17-20-10-5-4-6-11-20)27(35)34(25)18-22-15-14-21(16-28-22)23-12-7-8-13-24(23)26-29-31-32-30-26/h7-8,12-16,20H,3-6,9-11,17-18H2,1-2H3,(H,29,30,31,32). The van der Waals surface area contributed by atoms with Crippen molar-refractivity contribution in [2.45, 2.75) is 71.9 Å². The Morgan fingerprint density at radius 1 is 1.03 bits per heavy atom. The molecule has 1 N–H and O–H groups in total. The van der Waals surface area contributed by atoms with Gasteiger partial charge in [0.1, 0.15) is 0 Å². The van der Waals surface area contributed by atoms with Crippen molar-refractivity contribution in [1.29, 1.82) is 0 Å². The lowest BCUT2D eigenvalue weighted by molar-refractivity contribution is 0.313. The molecule has 1 aliphatic rings. The van der Waals surface area contributed by atoms with Crippen molar-refractivity contribution in [3.63, 3.8) is 0 Å². The fraction of sp³-hybridized carbons (Fsp3) is 0.444. The Balaban J connectivity index is 1.42. The number of tetrazole rings is 1. The summed E-state index contributed by atoms with van der Waals surface area (Å²) in [5.41, 5.74) is 6.10. The van der Waals surface area contributed by atoms with Crippen molar-refractivity contribution >= 4 is 0 Å². The minimum absolute atomic E-state index is 0.102. The van der Waals surface area contributed by atoms with Gasteiger partial charge in [0.15, 0.2) is 0 Å². The highest BCUT2D eigenvalue weighted by molar-refractivity contribution is 5.79. The second-order valence-corrected chi connectivity index (χ2v) is 9.58. The number of hydrogen-bond acceptors (Lipinski definition) is 5. The number of aromatic nitrogens is 7. The molecule has 4 aromatic rings. The number of imidazole rings is 1. The molecule has 3 heterocycles. The Bertz CT molecular complexity index is 1310. The van der Waals surface area contributed by atoms with Gasteiger partial charge in [0, 0.05) is 35.3 Å². The summed E-state index contributed by atoms with van der Waals surface area (Å²) in [4.78, 5) is 18.2. The third-order valence-electron chi connectivity index (χ3n) is 7.23. The second-order valence-electron chi connectivity index (χ2n) is 9.58. The van der Waals surface area contributed by atoms with E-state index in [2.05, 4.69) is 40.5 Å². The Hall–Kier alpha value is -3.55. The van der Waals surface area contributed by atoms with Gasteiger partial charge in [-0.2, -0.15) is 5.21 Å². The molecule has 182 valence electrons. The zero-order valence-electron chi connectivity index (χ0n) is 20.6. The van der Waals surface area contributed by atoms with E-state index < -0.39 is 0 Å². The molecule has 3 aromatic heterocycles. The van der Waals surface area contributed by atoms with E-state index in [0.717, 1.165) is 53.2 Å². The van der Waals surface area contributed by atoms with Gasteiger partial charge in [-0.25, -0.2) is 4.79 Å². The van der Waals surface area contributed by atoms with Crippen LogP contribution < -0.4 is 5.69 Å². The normalized spacial score (nSPS) is 14.5.